The average molecular weight is 405 g/mol. The van der Waals surface area contributed by atoms with Crippen molar-refractivity contribution in [2.24, 2.45) is 5.92 Å². The molecule has 7 heteroatoms. The summed E-state index contributed by atoms with van der Waals surface area (Å²) in [7, 11) is -3.48. The van der Waals surface area contributed by atoms with Crippen molar-refractivity contribution in [1.29, 1.82) is 0 Å². The Bertz CT molecular complexity index is 880. The van der Waals surface area contributed by atoms with E-state index in [0.717, 1.165) is 43.4 Å². The van der Waals surface area contributed by atoms with E-state index in [1.165, 1.54) is 0 Å². The molecule has 2 heterocycles. The molecule has 6 nitrogen and oxygen atoms in total. The first kappa shape index (κ1) is 19.6. The number of fused-ring (bicyclic) bond motifs is 1. The van der Waals surface area contributed by atoms with Crippen LogP contribution in [0.4, 0.5) is 0 Å². The molecule has 1 N–H and O–H groups in total. The van der Waals surface area contributed by atoms with Gasteiger partial charge in [0.25, 0.3) is 0 Å². The molecule has 1 aromatic carbocycles. The van der Waals surface area contributed by atoms with Crippen LogP contribution < -0.4 is 5.32 Å². The highest BCUT2D eigenvalue weighted by Crippen LogP contribution is 2.30. The second kappa shape index (κ2) is 7.97. The number of carbonyl (C=O) groups is 1. The summed E-state index contributed by atoms with van der Waals surface area (Å²) >= 11 is 0. The van der Waals surface area contributed by atoms with E-state index in [9.17, 15) is 13.2 Å². The van der Waals surface area contributed by atoms with Gasteiger partial charge in [-0.25, -0.2) is 8.42 Å². The minimum Gasteiger partial charge on any atom is -0.376 e. The number of hydrogen-bond acceptors (Lipinski definition) is 4. The topological polar surface area (TPSA) is 75.7 Å². The zero-order valence-corrected chi connectivity index (χ0v) is 17.1. The zero-order chi connectivity index (χ0) is 19.7. The maximum Gasteiger partial charge on any atom is 0.247 e. The predicted octanol–water partition coefficient (Wildman–Crippen LogP) is 2.34. The van der Waals surface area contributed by atoms with Gasteiger partial charge < -0.3 is 10.1 Å². The molecule has 2 saturated heterocycles. The van der Waals surface area contributed by atoms with Crippen LogP contribution in [-0.2, 0) is 26.0 Å². The first-order chi connectivity index (χ1) is 13.4. The molecule has 1 atom stereocenters. The van der Waals surface area contributed by atoms with Crippen molar-refractivity contribution in [1.82, 2.24) is 9.62 Å². The standard InChI is InChI=1S/C21H28N2O4S/c1-15-6-8-23(9-7-15)28(25,26)20-5-4-16-11-18(12-17(16)13-20)21(24)22-14-19-3-2-10-27-19/h4-5,12-13,15,19H,2-3,6-11,14H2,1H3,(H,22,24). The summed E-state index contributed by atoms with van der Waals surface area (Å²) < 4.78 is 33.1. The molecular formula is C21H28N2O4S. The van der Waals surface area contributed by atoms with Crippen molar-refractivity contribution in [3.05, 3.63) is 34.9 Å². The Morgan fingerprint density at radius 1 is 1.25 bits per heavy atom. The molecule has 1 aliphatic carbocycles. The van der Waals surface area contributed by atoms with E-state index >= 15 is 0 Å². The summed E-state index contributed by atoms with van der Waals surface area (Å²) in [5, 5.41) is 2.94. The van der Waals surface area contributed by atoms with Crippen LogP contribution in [0.1, 0.15) is 43.7 Å². The van der Waals surface area contributed by atoms with Crippen LogP contribution in [0.25, 0.3) is 6.08 Å². The fourth-order valence-electron chi connectivity index (χ4n) is 4.12. The van der Waals surface area contributed by atoms with Gasteiger partial charge in [-0.3, -0.25) is 4.79 Å². The molecule has 152 valence electrons. The van der Waals surface area contributed by atoms with Gasteiger partial charge in [0.05, 0.1) is 11.0 Å². The van der Waals surface area contributed by atoms with Crippen molar-refractivity contribution in [3.8, 4) is 0 Å². The normalized spacial score (nSPS) is 23.5. The summed E-state index contributed by atoms with van der Waals surface area (Å²) in [5.74, 6) is 0.478. The lowest BCUT2D eigenvalue weighted by Crippen LogP contribution is -2.37. The molecule has 3 aliphatic rings. The molecule has 4 rings (SSSR count). The summed E-state index contributed by atoms with van der Waals surface area (Å²) in [6, 6.07) is 5.22. The molecule has 2 aliphatic heterocycles. The van der Waals surface area contributed by atoms with Gasteiger partial charge in [0.1, 0.15) is 0 Å². The van der Waals surface area contributed by atoms with E-state index in [2.05, 4.69) is 12.2 Å². The van der Waals surface area contributed by atoms with Gasteiger partial charge in [0.15, 0.2) is 0 Å². The van der Waals surface area contributed by atoms with E-state index in [4.69, 9.17) is 4.74 Å². The molecule has 0 aromatic heterocycles. The maximum atomic E-state index is 13.0. The quantitative estimate of drug-likeness (QED) is 0.817. The van der Waals surface area contributed by atoms with Crippen LogP contribution >= 0.6 is 0 Å². The van der Waals surface area contributed by atoms with E-state index in [1.807, 2.05) is 12.1 Å². The summed E-state index contributed by atoms with van der Waals surface area (Å²) in [6.45, 7) is 4.61. The second-order valence-corrected chi connectivity index (χ2v) is 10.1. The van der Waals surface area contributed by atoms with Crippen molar-refractivity contribution >= 4 is 22.0 Å². The third kappa shape index (κ3) is 4.02. The van der Waals surface area contributed by atoms with Gasteiger partial charge in [-0.05, 0) is 60.9 Å². The van der Waals surface area contributed by atoms with Crippen LogP contribution in [0.3, 0.4) is 0 Å². The molecule has 2 fully saturated rings. The number of amides is 1. The predicted molar refractivity (Wildman–Crippen MR) is 107 cm³/mol. The van der Waals surface area contributed by atoms with Crippen LogP contribution in [-0.4, -0.2) is 51.0 Å². The minimum atomic E-state index is -3.48. The summed E-state index contributed by atoms with van der Waals surface area (Å²) in [5.41, 5.74) is 2.50. The van der Waals surface area contributed by atoms with Crippen molar-refractivity contribution in [2.45, 2.75) is 50.0 Å². The van der Waals surface area contributed by atoms with Crippen LogP contribution in [0.2, 0.25) is 0 Å². The van der Waals surface area contributed by atoms with E-state index in [0.29, 0.717) is 42.4 Å². The number of rotatable bonds is 5. The van der Waals surface area contributed by atoms with Gasteiger partial charge in [-0.2, -0.15) is 4.31 Å². The molecule has 1 amide bonds. The molecule has 0 bridgehead atoms. The third-order valence-corrected chi connectivity index (χ3v) is 7.91. The number of piperidine rings is 1. The molecule has 1 aromatic rings. The highest BCUT2D eigenvalue weighted by Gasteiger charge is 2.29. The Kier molecular flexibility index (Phi) is 5.58. The van der Waals surface area contributed by atoms with E-state index < -0.39 is 10.0 Å². The van der Waals surface area contributed by atoms with E-state index in [-0.39, 0.29) is 12.0 Å². The van der Waals surface area contributed by atoms with Crippen LogP contribution in [0.15, 0.2) is 28.7 Å². The molecule has 0 spiro atoms. The average Bonchev–Trinajstić information content (AvgIpc) is 3.35. The number of benzene rings is 1. The monoisotopic (exact) mass is 404 g/mol. The largest absolute Gasteiger partial charge is 0.376 e. The van der Waals surface area contributed by atoms with Gasteiger partial charge in [-0.15, -0.1) is 0 Å². The number of ether oxygens (including phenoxy) is 1. The van der Waals surface area contributed by atoms with Crippen molar-refractivity contribution in [2.75, 3.05) is 26.2 Å². The fraction of sp³-hybridized carbons (Fsp3) is 0.571. The van der Waals surface area contributed by atoms with Gasteiger partial charge in [-0.1, -0.05) is 13.0 Å². The Morgan fingerprint density at radius 3 is 2.75 bits per heavy atom. The minimum absolute atomic E-state index is 0.0962. The van der Waals surface area contributed by atoms with Gasteiger partial charge in [0.2, 0.25) is 15.9 Å². The highest BCUT2D eigenvalue weighted by atomic mass is 32.2. The van der Waals surface area contributed by atoms with Gasteiger partial charge >= 0.3 is 0 Å². The van der Waals surface area contributed by atoms with Crippen molar-refractivity contribution < 1.29 is 17.9 Å². The van der Waals surface area contributed by atoms with Crippen molar-refractivity contribution in [3.63, 3.8) is 0 Å². The molecule has 28 heavy (non-hydrogen) atoms. The Labute approximate surface area is 167 Å². The Hall–Kier alpha value is -1.70. The highest BCUT2D eigenvalue weighted by molar-refractivity contribution is 7.89. The number of hydrogen-bond donors (Lipinski definition) is 1. The molecular weight excluding hydrogens is 376 g/mol. The third-order valence-electron chi connectivity index (χ3n) is 6.01. The number of nitrogens with zero attached hydrogens (tertiary/aromatic N) is 1. The van der Waals surface area contributed by atoms with Gasteiger partial charge in [0, 0.05) is 38.2 Å². The number of carbonyl (C=O) groups excluding carboxylic acids is 1. The molecule has 1 unspecified atom stereocenters. The van der Waals surface area contributed by atoms with Crippen LogP contribution in [0.5, 0.6) is 0 Å². The fourth-order valence-corrected chi connectivity index (χ4v) is 5.62. The summed E-state index contributed by atoms with van der Waals surface area (Å²) in [6.07, 6.45) is 6.29. The molecule has 0 saturated carbocycles. The lowest BCUT2D eigenvalue weighted by molar-refractivity contribution is -0.118. The second-order valence-electron chi connectivity index (χ2n) is 8.14. The van der Waals surface area contributed by atoms with Crippen LogP contribution in [0, 0.1) is 5.92 Å². The Balaban J connectivity index is 1.45. The Morgan fingerprint density at radius 2 is 2.04 bits per heavy atom. The lowest BCUT2D eigenvalue weighted by Gasteiger charge is -2.29. The zero-order valence-electron chi connectivity index (χ0n) is 16.3. The van der Waals surface area contributed by atoms with E-state index in [1.54, 1.807) is 16.4 Å². The maximum absolute atomic E-state index is 13.0. The number of nitrogens with one attached hydrogen (secondary N) is 1. The first-order valence-corrected chi connectivity index (χ1v) is 11.6. The SMILES string of the molecule is CC1CCN(S(=O)(=O)c2ccc3c(c2)C=C(C(=O)NCC2CCCO2)C3)CC1. The number of sulfonamides is 1. The summed E-state index contributed by atoms with van der Waals surface area (Å²) in [4.78, 5) is 12.8. The first-order valence-electron chi connectivity index (χ1n) is 10.2. The molecule has 0 radical (unpaired) electrons. The lowest BCUT2D eigenvalue weighted by atomic mass is 10.0. The smallest absolute Gasteiger partial charge is 0.247 e.